The minimum absolute atomic E-state index is 0.480. The predicted molar refractivity (Wildman–Crippen MR) is 85.7 cm³/mol. The molecule has 0 aromatic heterocycles. The van der Waals surface area contributed by atoms with Crippen LogP contribution in [0.5, 0.6) is 0 Å². The number of hydrogen-bond donors (Lipinski definition) is 1. The first-order chi connectivity index (χ1) is 10.1. The van der Waals surface area contributed by atoms with Crippen LogP contribution < -0.4 is 10.6 Å². The van der Waals surface area contributed by atoms with Gasteiger partial charge in [0.2, 0.25) is 0 Å². The van der Waals surface area contributed by atoms with Crippen LogP contribution in [0.25, 0.3) is 0 Å². The summed E-state index contributed by atoms with van der Waals surface area (Å²) in [6.45, 7) is 6.43. The van der Waals surface area contributed by atoms with Gasteiger partial charge in [0.05, 0.1) is 28.0 Å². The number of halogens is 1. The van der Waals surface area contributed by atoms with Crippen molar-refractivity contribution in [3.8, 4) is 6.07 Å². The van der Waals surface area contributed by atoms with Crippen molar-refractivity contribution in [3.63, 3.8) is 0 Å². The van der Waals surface area contributed by atoms with Gasteiger partial charge in [0.15, 0.2) is 0 Å². The van der Waals surface area contributed by atoms with E-state index in [9.17, 15) is 0 Å². The predicted octanol–water partition coefficient (Wildman–Crippen LogP) is 1.23. The monoisotopic (exact) mass is 305 g/mol. The number of nitrogens with zero attached hydrogens (tertiary/aromatic N) is 4. The molecule has 0 aliphatic carbocycles. The van der Waals surface area contributed by atoms with Crippen LogP contribution in [0.3, 0.4) is 0 Å². The second-order valence-electron chi connectivity index (χ2n) is 5.91. The lowest BCUT2D eigenvalue weighted by molar-refractivity contribution is 0.0963. The summed E-state index contributed by atoms with van der Waals surface area (Å²) in [5.74, 6) is 0. The lowest BCUT2D eigenvalue weighted by Gasteiger charge is -2.49. The summed E-state index contributed by atoms with van der Waals surface area (Å²) in [6, 6.07) is 6.18. The normalized spacial score (nSPS) is 21.1. The summed E-state index contributed by atoms with van der Waals surface area (Å²) >= 11 is 6.29. The van der Waals surface area contributed by atoms with Crippen molar-refractivity contribution in [1.29, 1.82) is 5.26 Å². The highest BCUT2D eigenvalue weighted by atomic mass is 35.5. The number of nitriles is 1. The van der Waals surface area contributed by atoms with Gasteiger partial charge in [-0.3, -0.25) is 4.90 Å². The molecular weight excluding hydrogens is 286 g/mol. The molecule has 2 heterocycles. The molecule has 2 fully saturated rings. The molecule has 2 N–H and O–H groups in total. The second-order valence-corrected chi connectivity index (χ2v) is 6.29. The number of nitrogens with two attached hydrogens (primary N) is 1. The Morgan fingerprint density at radius 1 is 1.24 bits per heavy atom. The Bertz CT molecular complexity index is 568. The smallest absolute Gasteiger partial charge is 0.0993 e. The Morgan fingerprint density at radius 3 is 2.52 bits per heavy atom. The van der Waals surface area contributed by atoms with Crippen molar-refractivity contribution in [2.45, 2.75) is 6.04 Å². The van der Waals surface area contributed by atoms with Crippen molar-refractivity contribution in [2.24, 2.45) is 0 Å². The Labute approximate surface area is 130 Å². The zero-order valence-corrected chi connectivity index (χ0v) is 13.0. The van der Waals surface area contributed by atoms with Crippen LogP contribution in [0.4, 0.5) is 11.4 Å². The standard InChI is InChI=1S/C15H20ClN5/c1-19-2-4-20(5-3-19)12-9-21(10-12)14-7-11(8-17)6-13(18)15(14)16/h6-7,12H,2-5,9-10,18H2,1H3. The van der Waals surface area contributed by atoms with Gasteiger partial charge < -0.3 is 15.5 Å². The number of nitrogen functional groups attached to an aromatic ring is 1. The van der Waals surface area contributed by atoms with Crippen LogP contribution in [0.1, 0.15) is 5.56 Å². The minimum atomic E-state index is 0.480. The van der Waals surface area contributed by atoms with Crippen LogP contribution in [-0.2, 0) is 0 Å². The molecule has 21 heavy (non-hydrogen) atoms. The topological polar surface area (TPSA) is 59.5 Å². The highest BCUT2D eigenvalue weighted by Gasteiger charge is 2.34. The molecule has 1 aromatic carbocycles. The fraction of sp³-hybridized carbons (Fsp3) is 0.533. The molecule has 0 amide bonds. The maximum Gasteiger partial charge on any atom is 0.0993 e. The van der Waals surface area contributed by atoms with Gasteiger partial charge in [-0.2, -0.15) is 5.26 Å². The maximum absolute atomic E-state index is 9.05. The first kappa shape index (κ1) is 14.5. The summed E-state index contributed by atoms with van der Waals surface area (Å²) in [4.78, 5) is 7.12. The van der Waals surface area contributed by atoms with Gasteiger partial charge in [0, 0.05) is 45.3 Å². The highest BCUT2D eigenvalue weighted by molar-refractivity contribution is 6.35. The minimum Gasteiger partial charge on any atom is -0.397 e. The third-order valence-corrected chi connectivity index (χ3v) is 4.88. The molecule has 1 aromatic rings. The van der Waals surface area contributed by atoms with Crippen molar-refractivity contribution < 1.29 is 0 Å². The van der Waals surface area contributed by atoms with Crippen LogP contribution >= 0.6 is 11.6 Å². The van der Waals surface area contributed by atoms with Crippen molar-refractivity contribution in [3.05, 3.63) is 22.7 Å². The average Bonchev–Trinajstić information content (AvgIpc) is 2.43. The van der Waals surface area contributed by atoms with Gasteiger partial charge in [0.25, 0.3) is 0 Å². The Kier molecular flexibility index (Phi) is 3.94. The molecule has 0 unspecified atom stereocenters. The highest BCUT2D eigenvalue weighted by Crippen LogP contribution is 2.35. The maximum atomic E-state index is 9.05. The van der Waals surface area contributed by atoms with Gasteiger partial charge in [0.1, 0.15) is 0 Å². The van der Waals surface area contributed by atoms with Crippen LogP contribution in [0.15, 0.2) is 12.1 Å². The van der Waals surface area contributed by atoms with E-state index < -0.39 is 0 Å². The number of piperazine rings is 1. The van der Waals surface area contributed by atoms with Crippen molar-refractivity contribution in [1.82, 2.24) is 9.80 Å². The first-order valence-electron chi connectivity index (χ1n) is 7.25. The summed E-state index contributed by atoms with van der Waals surface area (Å²) < 4.78 is 0. The lowest BCUT2D eigenvalue weighted by Crippen LogP contribution is -2.63. The van der Waals surface area contributed by atoms with E-state index in [0.29, 0.717) is 22.3 Å². The molecule has 0 radical (unpaired) electrons. The van der Waals surface area contributed by atoms with Crippen LogP contribution in [0.2, 0.25) is 5.02 Å². The van der Waals surface area contributed by atoms with E-state index in [2.05, 4.69) is 27.8 Å². The van der Waals surface area contributed by atoms with Crippen molar-refractivity contribution >= 4 is 23.0 Å². The molecule has 5 nitrogen and oxygen atoms in total. The zero-order chi connectivity index (χ0) is 15.0. The fourth-order valence-corrected chi connectivity index (χ4v) is 3.22. The molecule has 0 bridgehead atoms. The summed E-state index contributed by atoms with van der Waals surface area (Å²) in [5, 5.41) is 9.61. The quantitative estimate of drug-likeness (QED) is 0.833. The SMILES string of the molecule is CN1CCN(C2CN(c3cc(C#N)cc(N)c3Cl)C2)CC1. The molecule has 0 saturated carbocycles. The van der Waals surface area contributed by atoms with Gasteiger partial charge in [-0.25, -0.2) is 0 Å². The molecule has 2 aliphatic rings. The largest absolute Gasteiger partial charge is 0.397 e. The molecule has 2 aliphatic heterocycles. The Balaban J connectivity index is 1.66. The molecule has 2 saturated heterocycles. The van der Waals surface area contributed by atoms with Gasteiger partial charge in [-0.05, 0) is 19.2 Å². The Morgan fingerprint density at radius 2 is 1.90 bits per heavy atom. The first-order valence-corrected chi connectivity index (χ1v) is 7.63. The number of likely N-dealkylation sites (N-methyl/N-ethyl adjacent to an activating group) is 1. The Hall–Kier alpha value is -1.48. The zero-order valence-electron chi connectivity index (χ0n) is 12.2. The average molecular weight is 306 g/mol. The number of rotatable bonds is 2. The summed E-state index contributed by atoms with van der Waals surface area (Å²) in [5.41, 5.74) is 7.81. The molecule has 0 spiro atoms. The van der Waals surface area contributed by atoms with E-state index in [1.807, 2.05) is 6.07 Å². The van der Waals surface area contributed by atoms with Crippen molar-refractivity contribution in [2.75, 3.05) is 56.9 Å². The van der Waals surface area contributed by atoms with Crippen LogP contribution in [-0.4, -0.2) is 62.2 Å². The second kappa shape index (κ2) is 5.72. The summed E-state index contributed by atoms with van der Waals surface area (Å²) in [6.07, 6.45) is 0. The van der Waals surface area contributed by atoms with E-state index in [-0.39, 0.29) is 0 Å². The van der Waals surface area contributed by atoms with Gasteiger partial charge in [-0.15, -0.1) is 0 Å². The van der Waals surface area contributed by atoms with Gasteiger partial charge >= 0.3 is 0 Å². The van der Waals surface area contributed by atoms with E-state index in [0.717, 1.165) is 45.0 Å². The lowest BCUT2D eigenvalue weighted by atomic mass is 10.0. The van der Waals surface area contributed by atoms with Gasteiger partial charge in [-0.1, -0.05) is 11.6 Å². The van der Waals surface area contributed by atoms with E-state index in [4.69, 9.17) is 22.6 Å². The summed E-state index contributed by atoms with van der Waals surface area (Å²) in [7, 11) is 2.17. The number of anilines is 2. The van der Waals surface area contributed by atoms with E-state index in [1.165, 1.54) is 0 Å². The fourth-order valence-electron chi connectivity index (χ4n) is 3.00. The molecule has 112 valence electrons. The third-order valence-electron chi connectivity index (χ3n) is 4.47. The number of benzene rings is 1. The third kappa shape index (κ3) is 2.80. The number of hydrogen-bond acceptors (Lipinski definition) is 5. The van der Waals surface area contributed by atoms with Crippen LogP contribution in [0, 0.1) is 11.3 Å². The molecule has 3 rings (SSSR count). The van der Waals surface area contributed by atoms with E-state index >= 15 is 0 Å². The molecule has 6 heteroatoms. The van der Waals surface area contributed by atoms with E-state index in [1.54, 1.807) is 6.07 Å². The molecular formula is C15H20ClN5. The molecule has 0 atom stereocenters.